The zero-order valence-corrected chi connectivity index (χ0v) is 15.3. The predicted octanol–water partition coefficient (Wildman–Crippen LogP) is 2.95. The Morgan fingerprint density at radius 2 is 2.15 bits per heavy atom. The number of aromatic amines is 1. The summed E-state index contributed by atoms with van der Waals surface area (Å²) in [6.45, 7) is 0.658. The van der Waals surface area contributed by atoms with Gasteiger partial charge in [0.2, 0.25) is 6.29 Å². The van der Waals surface area contributed by atoms with E-state index in [0.717, 1.165) is 35.7 Å². The predicted molar refractivity (Wildman–Crippen MR) is 102 cm³/mol. The highest BCUT2D eigenvalue weighted by atomic mass is 16.7. The normalized spacial score (nSPS) is 22.3. The molecule has 0 bridgehead atoms. The number of para-hydroxylation sites is 1. The van der Waals surface area contributed by atoms with Crippen molar-refractivity contribution in [3.05, 3.63) is 47.9 Å². The van der Waals surface area contributed by atoms with E-state index in [1.165, 1.54) is 0 Å². The number of ether oxygens (including phenoxy) is 2. The minimum Gasteiger partial charge on any atom is -0.459 e. The first-order chi connectivity index (χ1) is 13.2. The van der Waals surface area contributed by atoms with Gasteiger partial charge < -0.3 is 24.9 Å². The fourth-order valence-corrected chi connectivity index (χ4v) is 3.45. The van der Waals surface area contributed by atoms with Gasteiger partial charge in [-0.2, -0.15) is 0 Å². The smallest absolute Gasteiger partial charge is 0.286 e. The summed E-state index contributed by atoms with van der Waals surface area (Å²) in [4.78, 5) is 15.9. The number of allylic oxidation sites excluding steroid dienone is 1. The van der Waals surface area contributed by atoms with Crippen LogP contribution in [0.15, 0.2) is 42.3 Å². The molecule has 2 aromatic rings. The van der Waals surface area contributed by atoms with Gasteiger partial charge in [-0.25, -0.2) is 0 Å². The number of fused-ring (bicyclic) bond motifs is 1. The number of carbonyl (C=O) groups is 1. The number of hydrogen-bond acceptors (Lipinski definition) is 4. The lowest BCUT2D eigenvalue weighted by molar-refractivity contribution is -0.146. The molecular formula is C21H26N2O4. The lowest BCUT2D eigenvalue weighted by Crippen LogP contribution is -2.34. The summed E-state index contributed by atoms with van der Waals surface area (Å²) in [7, 11) is 0. The lowest BCUT2D eigenvalue weighted by Gasteiger charge is -2.29. The summed E-state index contributed by atoms with van der Waals surface area (Å²) in [6, 6.07) is 8.44. The molecule has 2 aliphatic rings. The van der Waals surface area contributed by atoms with Gasteiger partial charge in [-0.05, 0) is 43.4 Å². The minimum atomic E-state index is -0.465. The zero-order valence-electron chi connectivity index (χ0n) is 15.3. The van der Waals surface area contributed by atoms with Gasteiger partial charge in [-0.1, -0.05) is 18.2 Å². The number of nitrogens with one attached hydrogen (secondary N) is 2. The van der Waals surface area contributed by atoms with E-state index in [2.05, 4.69) is 16.4 Å². The molecule has 6 nitrogen and oxygen atoms in total. The average Bonchev–Trinajstić information content (AvgIpc) is 3.40. The fourth-order valence-electron chi connectivity index (χ4n) is 3.45. The summed E-state index contributed by atoms with van der Waals surface area (Å²) < 4.78 is 11.7. The maximum Gasteiger partial charge on any atom is 0.286 e. The minimum absolute atomic E-state index is 0.0395. The van der Waals surface area contributed by atoms with Crippen LogP contribution in [-0.4, -0.2) is 41.5 Å². The van der Waals surface area contributed by atoms with Crippen molar-refractivity contribution in [3.8, 4) is 0 Å². The van der Waals surface area contributed by atoms with E-state index in [1.54, 1.807) is 0 Å². The number of carbonyl (C=O) groups excluding carboxylic acids is 1. The van der Waals surface area contributed by atoms with E-state index in [1.807, 2.05) is 30.5 Å². The Morgan fingerprint density at radius 1 is 1.30 bits per heavy atom. The number of aromatic nitrogens is 1. The topological polar surface area (TPSA) is 83.6 Å². The number of benzene rings is 1. The van der Waals surface area contributed by atoms with Crippen LogP contribution >= 0.6 is 0 Å². The zero-order chi connectivity index (χ0) is 18.6. The van der Waals surface area contributed by atoms with E-state index in [0.29, 0.717) is 25.2 Å². The molecule has 2 heterocycles. The Kier molecular flexibility index (Phi) is 5.45. The van der Waals surface area contributed by atoms with E-state index in [-0.39, 0.29) is 24.5 Å². The Bertz CT molecular complexity index is 824. The highest BCUT2D eigenvalue weighted by Crippen LogP contribution is 2.35. The molecule has 0 unspecified atom stereocenters. The molecule has 2 atom stereocenters. The van der Waals surface area contributed by atoms with Crippen molar-refractivity contribution in [2.45, 2.75) is 50.4 Å². The molecule has 4 rings (SSSR count). The van der Waals surface area contributed by atoms with Gasteiger partial charge in [0.15, 0.2) is 5.76 Å². The summed E-state index contributed by atoms with van der Waals surface area (Å²) in [5, 5.41) is 13.1. The first-order valence-corrected chi connectivity index (χ1v) is 9.72. The number of H-pyrrole nitrogens is 1. The van der Waals surface area contributed by atoms with Crippen molar-refractivity contribution < 1.29 is 19.4 Å². The van der Waals surface area contributed by atoms with E-state index in [4.69, 9.17) is 14.6 Å². The second-order valence-corrected chi connectivity index (χ2v) is 7.26. The van der Waals surface area contributed by atoms with Gasteiger partial charge in [0.05, 0.1) is 6.61 Å². The van der Waals surface area contributed by atoms with Crippen LogP contribution in [0.1, 0.15) is 43.6 Å². The summed E-state index contributed by atoms with van der Waals surface area (Å²) in [5.74, 6) is 0.222. The van der Waals surface area contributed by atoms with E-state index >= 15 is 0 Å². The molecule has 1 aromatic carbocycles. The third-order valence-electron chi connectivity index (χ3n) is 5.07. The summed E-state index contributed by atoms with van der Waals surface area (Å²) in [6.07, 6.45) is 7.65. The largest absolute Gasteiger partial charge is 0.459 e. The molecule has 6 heteroatoms. The number of hydrogen-bond donors (Lipinski definition) is 3. The van der Waals surface area contributed by atoms with Gasteiger partial charge in [0, 0.05) is 42.1 Å². The Balaban J connectivity index is 1.54. The Hall–Kier alpha value is -2.31. The molecule has 0 radical (unpaired) electrons. The molecule has 144 valence electrons. The molecule has 3 N–H and O–H groups in total. The van der Waals surface area contributed by atoms with Gasteiger partial charge in [0.1, 0.15) is 0 Å². The Labute approximate surface area is 158 Å². The van der Waals surface area contributed by atoms with Crippen LogP contribution in [0.25, 0.3) is 10.9 Å². The Morgan fingerprint density at radius 3 is 2.96 bits per heavy atom. The van der Waals surface area contributed by atoms with E-state index in [9.17, 15) is 4.79 Å². The van der Waals surface area contributed by atoms with Crippen LogP contribution in [0.3, 0.4) is 0 Å². The molecule has 1 aliphatic carbocycles. The first-order valence-electron chi connectivity index (χ1n) is 9.72. The molecule has 27 heavy (non-hydrogen) atoms. The van der Waals surface area contributed by atoms with Crippen LogP contribution in [0.5, 0.6) is 0 Å². The molecule has 1 saturated carbocycles. The maximum absolute atomic E-state index is 12.5. The number of unbranched alkanes of at least 4 members (excludes halogenated alkanes) is 1. The van der Waals surface area contributed by atoms with Gasteiger partial charge >= 0.3 is 0 Å². The van der Waals surface area contributed by atoms with Gasteiger partial charge in [-0.15, -0.1) is 0 Å². The maximum atomic E-state index is 12.5. The van der Waals surface area contributed by atoms with Crippen LogP contribution in [0, 0.1) is 0 Å². The molecule has 0 saturated heterocycles. The van der Waals surface area contributed by atoms with Crippen molar-refractivity contribution in [3.63, 3.8) is 0 Å². The third kappa shape index (κ3) is 4.34. The molecule has 1 fully saturated rings. The first kappa shape index (κ1) is 18.1. The summed E-state index contributed by atoms with van der Waals surface area (Å²) >= 11 is 0. The van der Waals surface area contributed by atoms with E-state index < -0.39 is 6.29 Å². The van der Waals surface area contributed by atoms with Gasteiger partial charge in [0.25, 0.3) is 5.91 Å². The molecule has 1 aromatic heterocycles. The van der Waals surface area contributed by atoms with Crippen LogP contribution < -0.4 is 5.32 Å². The van der Waals surface area contributed by atoms with Crippen LogP contribution in [-0.2, 0) is 14.3 Å². The number of aliphatic hydroxyl groups is 1. The van der Waals surface area contributed by atoms with Crippen molar-refractivity contribution >= 4 is 16.8 Å². The van der Waals surface area contributed by atoms with Crippen molar-refractivity contribution in [2.75, 3.05) is 13.2 Å². The second kappa shape index (κ2) is 8.15. The molecule has 1 amide bonds. The van der Waals surface area contributed by atoms with Gasteiger partial charge in [-0.3, -0.25) is 4.79 Å². The number of aliphatic hydroxyl groups excluding tert-OH is 1. The highest BCUT2D eigenvalue weighted by molar-refractivity contribution is 5.92. The fraction of sp³-hybridized carbons (Fsp3) is 0.476. The van der Waals surface area contributed by atoms with Crippen molar-refractivity contribution in [1.29, 1.82) is 0 Å². The monoisotopic (exact) mass is 370 g/mol. The SMILES string of the molecule is O=C(NC1CC1)C1=C[C@H](c2c[nH]c3ccccc23)C[C@H](OCCCCO)O1. The highest BCUT2D eigenvalue weighted by Gasteiger charge is 2.32. The van der Waals surface area contributed by atoms with Crippen LogP contribution in [0.2, 0.25) is 0 Å². The average molecular weight is 370 g/mol. The van der Waals surface area contributed by atoms with Crippen LogP contribution in [0.4, 0.5) is 0 Å². The molecule has 1 aliphatic heterocycles. The third-order valence-corrected chi connectivity index (χ3v) is 5.07. The summed E-state index contributed by atoms with van der Waals surface area (Å²) in [5.41, 5.74) is 2.23. The van der Waals surface area contributed by atoms with Crippen molar-refractivity contribution in [2.24, 2.45) is 0 Å². The number of amides is 1. The van der Waals surface area contributed by atoms with Crippen molar-refractivity contribution in [1.82, 2.24) is 10.3 Å². The second-order valence-electron chi connectivity index (χ2n) is 7.26. The number of rotatable bonds is 8. The lowest BCUT2D eigenvalue weighted by atomic mass is 9.92. The standard InChI is InChI=1S/C21H26N2O4/c24-9-3-4-10-26-20-12-14(11-19(27-20)21(25)23-15-7-8-15)17-13-22-18-6-2-1-5-16(17)18/h1-2,5-6,11,13-15,20,22,24H,3-4,7-10,12H2,(H,23,25)/t14-,20+/m0/s1. The molecule has 0 spiro atoms. The molecular weight excluding hydrogens is 344 g/mol. The quantitative estimate of drug-likeness (QED) is 0.624.